The van der Waals surface area contributed by atoms with Gasteiger partial charge in [-0.1, -0.05) is 38.5 Å². The zero-order chi connectivity index (χ0) is 17.4. The third-order valence-electron chi connectivity index (χ3n) is 6.75. The minimum atomic E-state index is -0.865. The van der Waals surface area contributed by atoms with Gasteiger partial charge in [-0.25, -0.2) is 4.79 Å². The van der Waals surface area contributed by atoms with Crippen LogP contribution in [0, 0.1) is 22.7 Å². The normalized spacial score (nSPS) is 37.3. The number of hydrogen-bond acceptors (Lipinski definition) is 2. The Labute approximate surface area is 140 Å². The molecule has 0 aromatic rings. The summed E-state index contributed by atoms with van der Waals surface area (Å²) in [6.45, 7) is 13.0. The molecule has 2 aliphatic rings. The number of carboxylic acids is 1. The van der Waals surface area contributed by atoms with Gasteiger partial charge in [0.25, 0.3) is 0 Å². The summed E-state index contributed by atoms with van der Waals surface area (Å²) in [6.07, 6.45) is 6.90. The van der Waals surface area contributed by atoms with Gasteiger partial charge in [-0.3, -0.25) is 0 Å². The average Bonchev–Trinajstić information content (AvgIpc) is 2.42. The summed E-state index contributed by atoms with van der Waals surface area (Å²) >= 11 is 0. The van der Waals surface area contributed by atoms with E-state index in [0.717, 1.165) is 44.1 Å². The van der Waals surface area contributed by atoms with Crippen LogP contribution < -0.4 is 0 Å². The summed E-state index contributed by atoms with van der Waals surface area (Å²) in [6, 6.07) is 0. The molecule has 2 saturated carbocycles. The smallest absolute Gasteiger partial charge is 0.328 e. The summed E-state index contributed by atoms with van der Waals surface area (Å²) in [5.74, 6) is 0.0548. The van der Waals surface area contributed by atoms with Gasteiger partial charge in [0.2, 0.25) is 0 Å². The fraction of sp³-hybridized carbons (Fsp3) is 0.750. The Hall–Kier alpha value is -1.09. The number of aliphatic hydroxyl groups is 1. The van der Waals surface area contributed by atoms with Crippen molar-refractivity contribution in [3.8, 4) is 0 Å². The first-order chi connectivity index (χ1) is 10.6. The van der Waals surface area contributed by atoms with E-state index in [-0.39, 0.29) is 16.9 Å². The molecule has 0 radical (unpaired) electrons. The van der Waals surface area contributed by atoms with Crippen LogP contribution in [0.3, 0.4) is 0 Å². The fourth-order valence-electron chi connectivity index (χ4n) is 5.35. The largest absolute Gasteiger partial charge is 0.478 e. The number of hydrogen-bond donors (Lipinski definition) is 2. The molecule has 0 heterocycles. The second-order valence-electron chi connectivity index (χ2n) is 8.55. The van der Waals surface area contributed by atoms with Gasteiger partial charge in [0.15, 0.2) is 0 Å². The SMILES string of the molecule is C=C1CC[C@H]2C(C)(C)C(O)CC[C@]2(C)[C@H]1CC/C(C)=C/C(=O)O. The molecule has 130 valence electrons. The van der Waals surface area contributed by atoms with Gasteiger partial charge >= 0.3 is 5.97 Å². The van der Waals surface area contributed by atoms with Crippen LogP contribution in [-0.4, -0.2) is 22.3 Å². The maximum Gasteiger partial charge on any atom is 0.328 e. The monoisotopic (exact) mass is 320 g/mol. The molecule has 0 aliphatic heterocycles. The Kier molecular flexibility index (Phi) is 5.10. The highest BCUT2D eigenvalue weighted by Crippen LogP contribution is 2.61. The Morgan fingerprint density at radius 3 is 2.61 bits per heavy atom. The lowest BCUT2D eigenvalue weighted by Gasteiger charge is -2.59. The summed E-state index contributed by atoms with van der Waals surface area (Å²) in [5, 5.41) is 19.3. The number of aliphatic carboxylic acids is 1. The van der Waals surface area contributed by atoms with E-state index < -0.39 is 5.97 Å². The molecule has 0 aromatic heterocycles. The third kappa shape index (κ3) is 3.40. The van der Waals surface area contributed by atoms with Crippen molar-refractivity contribution < 1.29 is 15.0 Å². The zero-order valence-electron chi connectivity index (χ0n) is 15.1. The number of rotatable bonds is 4. The van der Waals surface area contributed by atoms with Crippen molar-refractivity contribution in [1.82, 2.24) is 0 Å². The highest BCUT2D eigenvalue weighted by Gasteiger charge is 2.55. The molecule has 0 aromatic carbocycles. The predicted octanol–water partition coefficient (Wildman–Crippen LogP) is 4.57. The van der Waals surface area contributed by atoms with E-state index in [1.54, 1.807) is 0 Å². The first-order valence-corrected chi connectivity index (χ1v) is 8.85. The zero-order valence-corrected chi connectivity index (χ0v) is 15.1. The third-order valence-corrected chi connectivity index (χ3v) is 6.75. The van der Waals surface area contributed by atoms with Crippen molar-refractivity contribution in [2.24, 2.45) is 22.7 Å². The van der Waals surface area contributed by atoms with E-state index in [1.807, 2.05) is 6.92 Å². The molecular weight excluding hydrogens is 288 g/mol. The highest BCUT2D eigenvalue weighted by atomic mass is 16.4. The first kappa shape index (κ1) is 18.3. The number of fused-ring (bicyclic) bond motifs is 1. The van der Waals surface area contributed by atoms with Crippen LogP contribution in [-0.2, 0) is 4.79 Å². The standard InChI is InChI=1S/C20H32O3/c1-13(12-18(22)23)6-8-15-14(2)7-9-16-19(3,4)17(21)10-11-20(15,16)5/h12,15-17,21H,2,6-11H2,1,3-5H3,(H,22,23)/b13-12+/t15-,16-,17?,20+/m0/s1. The van der Waals surface area contributed by atoms with Crippen molar-refractivity contribution in [2.75, 3.05) is 0 Å². The minimum absolute atomic E-state index is 0.0576. The molecule has 0 saturated heterocycles. The lowest BCUT2D eigenvalue weighted by Crippen LogP contribution is -2.54. The van der Waals surface area contributed by atoms with Crippen molar-refractivity contribution in [3.05, 3.63) is 23.8 Å². The second kappa shape index (κ2) is 6.43. The van der Waals surface area contributed by atoms with Crippen molar-refractivity contribution in [3.63, 3.8) is 0 Å². The van der Waals surface area contributed by atoms with Crippen LogP contribution in [0.25, 0.3) is 0 Å². The summed E-state index contributed by atoms with van der Waals surface area (Å²) in [5.41, 5.74) is 2.35. The summed E-state index contributed by atoms with van der Waals surface area (Å²) in [7, 11) is 0. The van der Waals surface area contributed by atoms with Crippen molar-refractivity contribution in [1.29, 1.82) is 0 Å². The maximum atomic E-state index is 10.8. The minimum Gasteiger partial charge on any atom is -0.478 e. The van der Waals surface area contributed by atoms with Crippen molar-refractivity contribution in [2.45, 2.75) is 72.3 Å². The number of aliphatic hydroxyl groups excluding tert-OH is 1. The number of carboxylic acid groups (broad SMARTS) is 1. The molecule has 2 rings (SSSR count). The van der Waals surface area contributed by atoms with E-state index in [0.29, 0.717) is 11.8 Å². The molecule has 4 atom stereocenters. The van der Waals surface area contributed by atoms with Gasteiger partial charge in [-0.05, 0) is 68.1 Å². The Morgan fingerprint density at radius 1 is 1.35 bits per heavy atom. The Bertz CT molecular complexity index is 517. The van der Waals surface area contributed by atoms with Gasteiger partial charge < -0.3 is 10.2 Å². The fourth-order valence-corrected chi connectivity index (χ4v) is 5.35. The molecule has 1 unspecified atom stereocenters. The van der Waals surface area contributed by atoms with Crippen LogP contribution in [0.5, 0.6) is 0 Å². The first-order valence-electron chi connectivity index (χ1n) is 8.85. The van der Waals surface area contributed by atoms with Crippen LogP contribution in [0.4, 0.5) is 0 Å². The van der Waals surface area contributed by atoms with Gasteiger partial charge in [0.1, 0.15) is 0 Å². The molecule has 0 amide bonds. The molecule has 0 bridgehead atoms. The molecule has 23 heavy (non-hydrogen) atoms. The molecule has 2 N–H and O–H groups in total. The average molecular weight is 320 g/mol. The van der Waals surface area contributed by atoms with Gasteiger partial charge in [-0.2, -0.15) is 0 Å². The maximum absolute atomic E-state index is 10.8. The topological polar surface area (TPSA) is 57.5 Å². The van der Waals surface area contributed by atoms with Crippen LogP contribution in [0.15, 0.2) is 23.8 Å². The quantitative estimate of drug-likeness (QED) is 0.589. The molecule has 3 heteroatoms. The van der Waals surface area contributed by atoms with E-state index in [9.17, 15) is 9.90 Å². The Morgan fingerprint density at radius 2 is 2.00 bits per heavy atom. The van der Waals surface area contributed by atoms with Gasteiger partial charge in [0, 0.05) is 6.08 Å². The number of allylic oxidation sites excluding steroid dienone is 2. The molecule has 2 aliphatic carbocycles. The van der Waals surface area contributed by atoms with Gasteiger partial charge in [0.05, 0.1) is 6.10 Å². The van der Waals surface area contributed by atoms with E-state index in [4.69, 9.17) is 5.11 Å². The van der Waals surface area contributed by atoms with Crippen molar-refractivity contribution >= 4 is 5.97 Å². The molecule has 2 fully saturated rings. The second-order valence-corrected chi connectivity index (χ2v) is 8.55. The Balaban J connectivity index is 2.21. The summed E-state index contributed by atoms with van der Waals surface area (Å²) in [4.78, 5) is 10.8. The highest BCUT2D eigenvalue weighted by molar-refractivity contribution is 5.80. The van der Waals surface area contributed by atoms with E-state index in [2.05, 4.69) is 27.4 Å². The lowest BCUT2D eigenvalue weighted by molar-refractivity contribution is -0.131. The van der Waals surface area contributed by atoms with Gasteiger partial charge in [-0.15, -0.1) is 0 Å². The predicted molar refractivity (Wildman–Crippen MR) is 93.1 cm³/mol. The van der Waals surface area contributed by atoms with E-state index in [1.165, 1.54) is 11.6 Å². The summed E-state index contributed by atoms with van der Waals surface area (Å²) < 4.78 is 0. The lowest BCUT2D eigenvalue weighted by atomic mass is 9.46. The van der Waals surface area contributed by atoms with E-state index >= 15 is 0 Å². The number of carbonyl (C=O) groups is 1. The molecular formula is C20H32O3. The molecule has 3 nitrogen and oxygen atoms in total. The van der Waals surface area contributed by atoms with Crippen LogP contribution in [0.2, 0.25) is 0 Å². The van der Waals surface area contributed by atoms with Crippen LogP contribution in [0.1, 0.15) is 66.2 Å². The molecule has 0 spiro atoms. The van der Waals surface area contributed by atoms with Crippen LogP contribution >= 0.6 is 0 Å².